The first-order chi connectivity index (χ1) is 10.2. The summed E-state index contributed by atoms with van der Waals surface area (Å²) in [6.07, 6.45) is 4.40. The first-order valence-corrected chi connectivity index (χ1v) is 8.45. The maximum absolute atomic E-state index is 12.5. The largest absolute Gasteiger partial charge is 0.343 e. The third-order valence-electron chi connectivity index (χ3n) is 3.90. The number of hydrogen-bond donors (Lipinski definition) is 1. The van der Waals surface area contributed by atoms with Gasteiger partial charge in [0.1, 0.15) is 5.69 Å². The second kappa shape index (κ2) is 6.02. The Labute approximate surface area is 129 Å². The van der Waals surface area contributed by atoms with Crippen LogP contribution in [0.1, 0.15) is 65.6 Å². The van der Waals surface area contributed by atoms with E-state index >= 15 is 0 Å². The number of nitrogens with one attached hydrogen (secondary N) is 1. The summed E-state index contributed by atoms with van der Waals surface area (Å²) in [5, 5.41) is 9.68. The van der Waals surface area contributed by atoms with Crippen molar-refractivity contribution < 1.29 is 4.79 Å². The third kappa shape index (κ3) is 3.18. The summed E-state index contributed by atoms with van der Waals surface area (Å²) < 4.78 is 1.71. The fourth-order valence-corrected chi connectivity index (χ4v) is 3.39. The Hall–Kier alpha value is -1.62. The molecule has 0 spiro atoms. The molecule has 112 valence electrons. The minimum atomic E-state index is -0.0243. The predicted octanol–water partition coefficient (Wildman–Crippen LogP) is 3.63. The maximum Gasteiger partial charge on any atom is 0.270 e. The molecule has 0 aliphatic heterocycles. The van der Waals surface area contributed by atoms with Crippen LogP contribution in [0, 0.1) is 0 Å². The Morgan fingerprint density at radius 1 is 1.57 bits per heavy atom. The van der Waals surface area contributed by atoms with Crippen molar-refractivity contribution in [2.45, 2.75) is 44.6 Å². The lowest BCUT2D eigenvalue weighted by Crippen LogP contribution is -2.29. The molecule has 0 aromatic carbocycles. The van der Waals surface area contributed by atoms with Gasteiger partial charge in [0.25, 0.3) is 5.91 Å². The van der Waals surface area contributed by atoms with E-state index < -0.39 is 0 Å². The van der Waals surface area contributed by atoms with Crippen LogP contribution < -0.4 is 5.32 Å². The zero-order valence-corrected chi connectivity index (χ0v) is 13.3. The van der Waals surface area contributed by atoms with Crippen molar-refractivity contribution in [2.75, 3.05) is 0 Å². The number of thiophene rings is 1. The SMILES string of the molecule is CCC[C@@H](NC(=O)c1cc(C2CC2)nn1C)c1cccs1. The monoisotopic (exact) mass is 303 g/mol. The van der Waals surface area contributed by atoms with E-state index in [1.165, 1.54) is 17.7 Å². The molecule has 1 saturated carbocycles. The van der Waals surface area contributed by atoms with Crippen LogP contribution in [0.4, 0.5) is 0 Å². The molecule has 0 saturated heterocycles. The molecule has 2 aromatic rings. The molecule has 0 unspecified atom stereocenters. The lowest BCUT2D eigenvalue weighted by atomic mass is 10.1. The second-order valence-corrected chi connectivity index (χ2v) is 6.66. The van der Waals surface area contributed by atoms with Crippen molar-refractivity contribution in [1.82, 2.24) is 15.1 Å². The van der Waals surface area contributed by atoms with Gasteiger partial charge in [-0.15, -0.1) is 11.3 Å². The average molecular weight is 303 g/mol. The molecule has 1 N–H and O–H groups in total. The summed E-state index contributed by atoms with van der Waals surface area (Å²) in [6, 6.07) is 6.17. The Kier molecular flexibility index (Phi) is 4.10. The molecule has 5 heteroatoms. The highest BCUT2D eigenvalue weighted by molar-refractivity contribution is 7.10. The van der Waals surface area contributed by atoms with Crippen molar-refractivity contribution in [3.63, 3.8) is 0 Å². The van der Waals surface area contributed by atoms with Gasteiger partial charge in [0.05, 0.1) is 11.7 Å². The Morgan fingerprint density at radius 2 is 2.38 bits per heavy atom. The Balaban J connectivity index is 1.74. The van der Waals surface area contributed by atoms with Gasteiger partial charge in [-0.3, -0.25) is 9.48 Å². The van der Waals surface area contributed by atoms with Gasteiger partial charge in [-0.25, -0.2) is 0 Å². The number of aromatic nitrogens is 2. The molecular weight excluding hydrogens is 282 g/mol. The van der Waals surface area contributed by atoms with E-state index in [0.29, 0.717) is 11.6 Å². The number of carbonyl (C=O) groups excluding carboxylic acids is 1. The minimum absolute atomic E-state index is 0.0243. The van der Waals surface area contributed by atoms with Crippen LogP contribution in [0.2, 0.25) is 0 Å². The Morgan fingerprint density at radius 3 is 3.00 bits per heavy atom. The summed E-state index contributed by atoms with van der Waals surface area (Å²) in [6.45, 7) is 2.14. The molecule has 1 amide bonds. The molecule has 21 heavy (non-hydrogen) atoms. The van der Waals surface area contributed by atoms with Crippen molar-refractivity contribution in [3.8, 4) is 0 Å². The van der Waals surface area contributed by atoms with Gasteiger partial charge in [-0.1, -0.05) is 19.4 Å². The van der Waals surface area contributed by atoms with Gasteiger partial charge in [-0.2, -0.15) is 5.10 Å². The molecule has 0 radical (unpaired) electrons. The van der Waals surface area contributed by atoms with Crippen molar-refractivity contribution in [3.05, 3.63) is 39.8 Å². The van der Waals surface area contributed by atoms with Gasteiger partial charge in [-0.05, 0) is 36.8 Å². The average Bonchev–Trinajstić information content (AvgIpc) is 3.02. The summed E-state index contributed by atoms with van der Waals surface area (Å²) >= 11 is 1.70. The molecule has 1 aliphatic carbocycles. The van der Waals surface area contributed by atoms with Crippen LogP contribution in [0.5, 0.6) is 0 Å². The summed E-state index contributed by atoms with van der Waals surface area (Å²) in [7, 11) is 1.85. The summed E-state index contributed by atoms with van der Waals surface area (Å²) in [5.74, 6) is 0.547. The molecule has 1 aliphatic rings. The van der Waals surface area contributed by atoms with Gasteiger partial charge >= 0.3 is 0 Å². The maximum atomic E-state index is 12.5. The number of rotatable bonds is 6. The van der Waals surface area contributed by atoms with Gasteiger partial charge < -0.3 is 5.32 Å². The molecule has 1 atom stereocenters. The highest BCUT2D eigenvalue weighted by Crippen LogP contribution is 2.39. The number of nitrogens with zero attached hydrogens (tertiary/aromatic N) is 2. The second-order valence-electron chi connectivity index (χ2n) is 5.68. The van der Waals surface area contributed by atoms with Gasteiger partial charge in [0.2, 0.25) is 0 Å². The molecule has 1 fully saturated rings. The lowest BCUT2D eigenvalue weighted by molar-refractivity contribution is 0.0925. The van der Waals surface area contributed by atoms with E-state index in [1.54, 1.807) is 16.0 Å². The molecule has 4 nitrogen and oxygen atoms in total. The van der Waals surface area contributed by atoms with E-state index in [4.69, 9.17) is 0 Å². The first-order valence-electron chi connectivity index (χ1n) is 7.57. The first kappa shape index (κ1) is 14.3. The molecule has 2 aromatic heterocycles. The van der Waals surface area contributed by atoms with E-state index in [-0.39, 0.29) is 11.9 Å². The molecular formula is C16H21N3OS. The molecule has 3 rings (SSSR count). The smallest absolute Gasteiger partial charge is 0.270 e. The zero-order valence-electron chi connectivity index (χ0n) is 12.5. The highest BCUT2D eigenvalue weighted by Gasteiger charge is 2.28. The zero-order chi connectivity index (χ0) is 14.8. The van der Waals surface area contributed by atoms with E-state index in [0.717, 1.165) is 18.5 Å². The normalized spacial score (nSPS) is 15.9. The van der Waals surface area contributed by atoms with Crippen LogP contribution in [0.15, 0.2) is 23.6 Å². The fourth-order valence-electron chi connectivity index (χ4n) is 2.58. The molecule has 2 heterocycles. The van der Waals surface area contributed by atoms with E-state index in [1.807, 2.05) is 19.2 Å². The van der Waals surface area contributed by atoms with Crippen molar-refractivity contribution >= 4 is 17.2 Å². The highest BCUT2D eigenvalue weighted by atomic mass is 32.1. The van der Waals surface area contributed by atoms with Crippen LogP contribution in [0.3, 0.4) is 0 Å². The molecule has 0 bridgehead atoms. The number of hydrogen-bond acceptors (Lipinski definition) is 3. The quantitative estimate of drug-likeness (QED) is 0.886. The summed E-state index contributed by atoms with van der Waals surface area (Å²) in [5.41, 5.74) is 1.72. The van der Waals surface area contributed by atoms with Crippen LogP contribution in [0.25, 0.3) is 0 Å². The standard InChI is InChI=1S/C16H21N3OS/c1-3-5-12(15-6-4-9-21-15)17-16(20)14-10-13(11-7-8-11)18-19(14)2/h4,6,9-12H,3,5,7-8H2,1-2H3,(H,17,20)/t12-/m1/s1. The lowest BCUT2D eigenvalue weighted by Gasteiger charge is -2.16. The fraction of sp³-hybridized carbons (Fsp3) is 0.500. The topological polar surface area (TPSA) is 46.9 Å². The third-order valence-corrected chi connectivity index (χ3v) is 4.88. The number of aryl methyl sites for hydroxylation is 1. The summed E-state index contributed by atoms with van der Waals surface area (Å²) in [4.78, 5) is 13.8. The van der Waals surface area contributed by atoms with Crippen LogP contribution >= 0.6 is 11.3 Å². The van der Waals surface area contributed by atoms with Crippen molar-refractivity contribution in [1.29, 1.82) is 0 Å². The minimum Gasteiger partial charge on any atom is -0.343 e. The van der Waals surface area contributed by atoms with Gasteiger partial charge in [0.15, 0.2) is 0 Å². The predicted molar refractivity (Wildman–Crippen MR) is 84.6 cm³/mol. The van der Waals surface area contributed by atoms with Gasteiger partial charge in [0, 0.05) is 17.8 Å². The van der Waals surface area contributed by atoms with Crippen molar-refractivity contribution in [2.24, 2.45) is 7.05 Å². The van der Waals surface area contributed by atoms with Crippen LogP contribution in [-0.2, 0) is 7.05 Å². The van der Waals surface area contributed by atoms with Crippen LogP contribution in [-0.4, -0.2) is 15.7 Å². The Bertz CT molecular complexity index is 614. The van der Waals surface area contributed by atoms with E-state index in [2.05, 4.69) is 28.8 Å². The number of carbonyl (C=O) groups is 1. The van der Waals surface area contributed by atoms with E-state index in [9.17, 15) is 4.79 Å². The number of amides is 1.